The number of benzene rings is 1. The smallest absolute Gasteiger partial charge is 0.229 e. The Bertz CT molecular complexity index is 870. The highest BCUT2D eigenvalue weighted by molar-refractivity contribution is 8.06. The van der Waals surface area contributed by atoms with Crippen LogP contribution < -0.4 is 10.2 Å². The van der Waals surface area contributed by atoms with Gasteiger partial charge in [-0.25, -0.2) is 0 Å². The van der Waals surface area contributed by atoms with Crippen molar-refractivity contribution in [2.24, 2.45) is 0 Å². The van der Waals surface area contributed by atoms with Crippen LogP contribution in [-0.4, -0.2) is 29.0 Å². The van der Waals surface area contributed by atoms with Crippen LogP contribution >= 0.6 is 23.4 Å². The second-order valence-electron chi connectivity index (χ2n) is 5.08. The minimum atomic E-state index is 0.0521. The molecule has 0 saturated carbocycles. The van der Waals surface area contributed by atoms with Gasteiger partial charge in [0.25, 0.3) is 0 Å². The zero-order chi connectivity index (χ0) is 17.1. The minimum Gasteiger partial charge on any atom is -0.348 e. The van der Waals surface area contributed by atoms with Gasteiger partial charge in [-0.2, -0.15) is 20.2 Å². The fourth-order valence-corrected chi connectivity index (χ4v) is 3.04. The van der Waals surface area contributed by atoms with Crippen molar-refractivity contribution < 1.29 is 0 Å². The summed E-state index contributed by atoms with van der Waals surface area (Å²) in [6.45, 7) is 0. The van der Waals surface area contributed by atoms with E-state index in [-0.39, 0.29) is 11.1 Å². The molecule has 1 aliphatic rings. The van der Waals surface area contributed by atoms with Crippen LogP contribution in [0, 0.1) is 11.3 Å². The summed E-state index contributed by atoms with van der Waals surface area (Å²) >= 11 is 7.39. The third-order valence-electron chi connectivity index (χ3n) is 3.19. The zero-order valence-electron chi connectivity index (χ0n) is 13.0. The molecule has 0 aliphatic carbocycles. The molecular formula is C16H13ClN6S. The lowest BCUT2D eigenvalue weighted by atomic mass is 10.2. The van der Waals surface area contributed by atoms with Crippen molar-refractivity contribution in [1.29, 1.82) is 5.26 Å². The van der Waals surface area contributed by atoms with Crippen molar-refractivity contribution in [2.75, 3.05) is 19.0 Å². The summed E-state index contributed by atoms with van der Waals surface area (Å²) in [6.07, 6.45) is 0. The largest absolute Gasteiger partial charge is 0.348 e. The van der Waals surface area contributed by atoms with Gasteiger partial charge in [-0.15, -0.1) is 0 Å². The Kier molecular flexibility index (Phi) is 4.69. The van der Waals surface area contributed by atoms with E-state index in [1.165, 1.54) is 11.8 Å². The summed E-state index contributed by atoms with van der Waals surface area (Å²) < 4.78 is 0. The first-order valence-electron chi connectivity index (χ1n) is 7.01. The second-order valence-corrected chi connectivity index (χ2v) is 6.30. The van der Waals surface area contributed by atoms with Gasteiger partial charge >= 0.3 is 0 Å². The molecule has 0 amide bonds. The number of thioether (sulfide) groups is 1. The Labute approximate surface area is 148 Å². The van der Waals surface area contributed by atoms with Crippen molar-refractivity contribution in [1.82, 2.24) is 20.3 Å². The van der Waals surface area contributed by atoms with Crippen LogP contribution in [0.25, 0.3) is 11.3 Å². The van der Waals surface area contributed by atoms with E-state index in [0.717, 1.165) is 11.3 Å². The number of nitrogens with zero attached hydrogens (tertiary/aromatic N) is 5. The second kappa shape index (κ2) is 6.91. The molecule has 1 aromatic carbocycles. The van der Waals surface area contributed by atoms with Gasteiger partial charge in [-0.05, 0) is 17.2 Å². The molecule has 0 bridgehead atoms. The molecule has 120 valence electrons. The molecule has 3 rings (SSSR count). The van der Waals surface area contributed by atoms with E-state index >= 15 is 0 Å². The number of allylic oxidation sites excluding steroid dienone is 1. The number of anilines is 1. The van der Waals surface area contributed by atoms with E-state index < -0.39 is 0 Å². The average molecular weight is 357 g/mol. The first-order valence-corrected chi connectivity index (χ1v) is 8.27. The summed E-state index contributed by atoms with van der Waals surface area (Å²) in [6, 6.07) is 12.0. The van der Waals surface area contributed by atoms with E-state index in [1.807, 2.05) is 35.7 Å². The summed E-state index contributed by atoms with van der Waals surface area (Å²) in [4.78, 5) is 14.1. The fraction of sp³-hybridized carbons (Fsp3) is 0.125. The molecule has 24 heavy (non-hydrogen) atoms. The molecule has 0 atom stereocenters. The Morgan fingerprint density at radius 3 is 2.62 bits per heavy atom. The highest BCUT2D eigenvalue weighted by Gasteiger charge is 2.20. The van der Waals surface area contributed by atoms with Gasteiger partial charge in [0, 0.05) is 19.5 Å². The van der Waals surface area contributed by atoms with E-state index in [4.69, 9.17) is 11.6 Å². The van der Waals surface area contributed by atoms with Crippen LogP contribution in [0.3, 0.4) is 0 Å². The van der Waals surface area contributed by atoms with Gasteiger partial charge < -0.3 is 10.2 Å². The van der Waals surface area contributed by atoms with Gasteiger partial charge in [0.1, 0.15) is 11.6 Å². The molecule has 0 saturated heterocycles. The molecular weight excluding hydrogens is 344 g/mol. The molecule has 8 heteroatoms. The third-order valence-corrected chi connectivity index (χ3v) is 4.25. The van der Waals surface area contributed by atoms with Crippen molar-refractivity contribution in [2.45, 2.75) is 0 Å². The maximum atomic E-state index is 9.58. The number of rotatable bonds is 3. The summed E-state index contributed by atoms with van der Waals surface area (Å²) in [7, 11) is 3.60. The standard InChI is InChI=1S/C16H13ClN6S/c1-23(2)16-21-13(20-15(17)22-16)11(8-18)14-19-12(9-24-14)10-6-4-3-5-7-10/h3-7,9,19H,1-2H3. The first-order chi connectivity index (χ1) is 11.6. The Balaban J connectivity index is 1.96. The van der Waals surface area contributed by atoms with Crippen molar-refractivity contribution in [3.05, 3.63) is 57.4 Å². The summed E-state index contributed by atoms with van der Waals surface area (Å²) in [5.41, 5.74) is 2.30. The van der Waals surface area contributed by atoms with E-state index in [0.29, 0.717) is 16.6 Å². The predicted octanol–water partition coefficient (Wildman–Crippen LogP) is 3.12. The lowest BCUT2D eigenvalue weighted by Gasteiger charge is -2.11. The minimum absolute atomic E-state index is 0.0521. The van der Waals surface area contributed by atoms with Gasteiger partial charge in [0.15, 0.2) is 5.82 Å². The SMILES string of the molecule is CN(C)c1nc(Cl)nc(C(C#N)=C2NC(c3ccccc3)=CS2)n1. The molecule has 2 aromatic rings. The molecule has 1 aromatic heterocycles. The van der Waals surface area contributed by atoms with E-state index in [1.54, 1.807) is 19.0 Å². The van der Waals surface area contributed by atoms with Crippen LogP contribution in [0.15, 0.2) is 40.8 Å². The fourth-order valence-electron chi connectivity index (χ4n) is 2.03. The highest BCUT2D eigenvalue weighted by Crippen LogP contribution is 2.34. The number of nitriles is 1. The molecule has 1 N–H and O–H groups in total. The lowest BCUT2D eigenvalue weighted by molar-refractivity contribution is 0.940. The molecule has 0 spiro atoms. The first kappa shape index (κ1) is 16.3. The van der Waals surface area contributed by atoms with Crippen molar-refractivity contribution >= 4 is 40.6 Å². The zero-order valence-corrected chi connectivity index (χ0v) is 14.6. The lowest BCUT2D eigenvalue weighted by Crippen LogP contribution is -2.15. The quantitative estimate of drug-likeness (QED) is 0.846. The predicted molar refractivity (Wildman–Crippen MR) is 96.8 cm³/mol. The van der Waals surface area contributed by atoms with Crippen LogP contribution in [0.4, 0.5) is 5.95 Å². The highest BCUT2D eigenvalue weighted by atomic mass is 35.5. The van der Waals surface area contributed by atoms with Gasteiger partial charge in [0.2, 0.25) is 11.2 Å². The van der Waals surface area contributed by atoms with Gasteiger partial charge in [-0.3, -0.25) is 0 Å². The number of nitrogens with one attached hydrogen (secondary N) is 1. The molecule has 1 aliphatic heterocycles. The molecule has 2 heterocycles. The topological polar surface area (TPSA) is 77.7 Å². The number of hydrogen-bond donors (Lipinski definition) is 1. The maximum absolute atomic E-state index is 9.58. The van der Waals surface area contributed by atoms with Crippen molar-refractivity contribution in [3.8, 4) is 6.07 Å². The van der Waals surface area contributed by atoms with E-state index in [9.17, 15) is 5.26 Å². The Hall–Kier alpha value is -2.56. The molecule has 6 nitrogen and oxygen atoms in total. The van der Waals surface area contributed by atoms with Crippen LogP contribution in [0.2, 0.25) is 5.28 Å². The molecule has 0 radical (unpaired) electrons. The maximum Gasteiger partial charge on any atom is 0.229 e. The van der Waals surface area contributed by atoms with E-state index in [2.05, 4.69) is 26.3 Å². The third kappa shape index (κ3) is 3.35. The van der Waals surface area contributed by atoms with Gasteiger partial charge in [0.05, 0.1) is 10.7 Å². The molecule has 0 fully saturated rings. The monoisotopic (exact) mass is 356 g/mol. The van der Waals surface area contributed by atoms with Crippen LogP contribution in [0.5, 0.6) is 0 Å². The Morgan fingerprint density at radius 1 is 1.21 bits per heavy atom. The summed E-state index contributed by atoms with van der Waals surface area (Å²) in [5, 5.41) is 15.5. The average Bonchev–Trinajstić information content (AvgIpc) is 3.05. The van der Waals surface area contributed by atoms with Crippen LogP contribution in [0.1, 0.15) is 11.4 Å². The molecule has 0 unspecified atom stereocenters. The number of halogens is 1. The summed E-state index contributed by atoms with van der Waals surface area (Å²) in [5.74, 6) is 0.650. The number of hydrogen-bond acceptors (Lipinski definition) is 7. The number of aromatic nitrogens is 3. The van der Waals surface area contributed by atoms with Gasteiger partial charge in [-0.1, -0.05) is 42.1 Å². The normalized spacial score (nSPS) is 15.3. The van der Waals surface area contributed by atoms with Crippen LogP contribution in [-0.2, 0) is 0 Å². The van der Waals surface area contributed by atoms with Crippen molar-refractivity contribution in [3.63, 3.8) is 0 Å². The Morgan fingerprint density at radius 2 is 1.96 bits per heavy atom.